The van der Waals surface area contributed by atoms with Gasteiger partial charge in [-0.3, -0.25) is 0 Å². The largest absolute Gasteiger partial charge is 0.478 e. The highest BCUT2D eigenvalue weighted by molar-refractivity contribution is 5.87. The summed E-state index contributed by atoms with van der Waals surface area (Å²) in [7, 11) is 0. The summed E-state index contributed by atoms with van der Waals surface area (Å²) < 4.78 is 25.3. The van der Waals surface area contributed by atoms with Crippen molar-refractivity contribution in [3.63, 3.8) is 0 Å². The number of alkyl halides is 2. The molecule has 0 amide bonds. The molecule has 15 heavy (non-hydrogen) atoms. The van der Waals surface area contributed by atoms with Crippen molar-refractivity contribution in [2.75, 3.05) is 0 Å². The second kappa shape index (κ2) is 3.96. The molecule has 0 atom stereocenters. The lowest BCUT2D eigenvalue weighted by Gasteiger charge is -2.24. The maximum Gasteiger partial charge on any atom is 0.335 e. The number of hydrogen-bond donors (Lipinski definition) is 1. The maximum atomic E-state index is 12.6. The highest BCUT2D eigenvalue weighted by Gasteiger charge is 2.31. The van der Waals surface area contributed by atoms with Crippen molar-refractivity contribution in [2.24, 2.45) is 0 Å². The van der Waals surface area contributed by atoms with Gasteiger partial charge < -0.3 is 5.11 Å². The number of aromatic carboxylic acids is 1. The Balaban J connectivity index is 3.04. The second-order valence-electron chi connectivity index (χ2n) is 3.90. The van der Waals surface area contributed by atoms with Gasteiger partial charge in [-0.25, -0.2) is 13.6 Å². The molecule has 0 aliphatic heterocycles. The molecule has 0 spiro atoms. The fourth-order valence-electron chi connectivity index (χ4n) is 1.17. The van der Waals surface area contributed by atoms with Crippen LogP contribution in [-0.2, 0) is 5.41 Å². The Bertz CT molecular complexity index is 355. The first-order valence-corrected chi connectivity index (χ1v) is 4.47. The molecule has 1 N–H and O–H groups in total. The molecule has 0 aromatic heterocycles. The van der Waals surface area contributed by atoms with E-state index in [9.17, 15) is 13.6 Å². The normalized spacial score (nSPS) is 11.8. The van der Waals surface area contributed by atoms with E-state index in [1.54, 1.807) is 0 Å². The summed E-state index contributed by atoms with van der Waals surface area (Å²) in [5.41, 5.74) is -0.719. The summed E-state index contributed by atoms with van der Waals surface area (Å²) in [4.78, 5) is 10.5. The average molecular weight is 214 g/mol. The monoisotopic (exact) mass is 214 g/mol. The lowest BCUT2D eigenvalue weighted by molar-refractivity contribution is 0.0691. The lowest BCUT2D eigenvalue weighted by atomic mass is 9.85. The first-order valence-electron chi connectivity index (χ1n) is 4.47. The van der Waals surface area contributed by atoms with Gasteiger partial charge in [0.05, 0.1) is 11.0 Å². The summed E-state index contributed by atoms with van der Waals surface area (Å²) in [5.74, 6) is -1.06. The van der Waals surface area contributed by atoms with Crippen molar-refractivity contribution in [3.05, 3.63) is 35.4 Å². The number of halogens is 2. The van der Waals surface area contributed by atoms with Crippen molar-refractivity contribution in [1.82, 2.24) is 0 Å². The highest BCUT2D eigenvalue weighted by Crippen LogP contribution is 2.30. The van der Waals surface area contributed by atoms with E-state index in [-0.39, 0.29) is 5.56 Å². The van der Waals surface area contributed by atoms with Crippen LogP contribution < -0.4 is 0 Å². The quantitative estimate of drug-likeness (QED) is 0.839. The number of carboxylic acid groups (broad SMARTS) is 1. The van der Waals surface area contributed by atoms with E-state index in [4.69, 9.17) is 5.11 Å². The Morgan fingerprint density at radius 2 is 1.73 bits per heavy atom. The molecule has 4 heteroatoms. The molecule has 1 aromatic rings. The zero-order chi connectivity index (χ0) is 11.6. The summed E-state index contributed by atoms with van der Waals surface area (Å²) in [6, 6.07) is 5.52. The van der Waals surface area contributed by atoms with E-state index >= 15 is 0 Å². The Morgan fingerprint density at radius 3 is 2.07 bits per heavy atom. The first kappa shape index (κ1) is 11.6. The van der Waals surface area contributed by atoms with Crippen LogP contribution in [0, 0.1) is 0 Å². The van der Waals surface area contributed by atoms with Crippen molar-refractivity contribution in [2.45, 2.75) is 25.7 Å². The minimum atomic E-state index is -2.48. The van der Waals surface area contributed by atoms with Gasteiger partial charge in [-0.1, -0.05) is 26.0 Å². The fraction of sp³-hybridized carbons (Fsp3) is 0.364. The van der Waals surface area contributed by atoms with Gasteiger partial charge in [0.15, 0.2) is 0 Å². The van der Waals surface area contributed by atoms with Crippen molar-refractivity contribution < 1.29 is 18.7 Å². The Labute approximate surface area is 86.5 Å². The molecular formula is C11H12F2O2. The van der Waals surface area contributed by atoms with Gasteiger partial charge in [0.2, 0.25) is 6.43 Å². The molecule has 0 heterocycles. The SMILES string of the molecule is CC(C)(c1ccc(C(=O)O)cc1)C(F)F. The molecule has 0 radical (unpaired) electrons. The van der Waals surface area contributed by atoms with Gasteiger partial charge in [-0.2, -0.15) is 0 Å². The number of rotatable bonds is 3. The molecule has 2 nitrogen and oxygen atoms in total. The van der Waals surface area contributed by atoms with E-state index in [1.165, 1.54) is 38.1 Å². The smallest absolute Gasteiger partial charge is 0.335 e. The predicted octanol–water partition coefficient (Wildman–Crippen LogP) is 2.93. The van der Waals surface area contributed by atoms with Gasteiger partial charge in [0, 0.05) is 0 Å². The van der Waals surface area contributed by atoms with Gasteiger partial charge in [-0.15, -0.1) is 0 Å². The molecule has 0 aliphatic carbocycles. The van der Waals surface area contributed by atoms with Crippen LogP contribution >= 0.6 is 0 Å². The standard InChI is InChI=1S/C11H12F2O2/c1-11(2,10(12)13)8-5-3-7(4-6-8)9(14)15/h3-6,10H,1-2H3,(H,14,15). The molecule has 0 aliphatic rings. The lowest BCUT2D eigenvalue weighted by Crippen LogP contribution is -2.26. The van der Waals surface area contributed by atoms with Gasteiger partial charge in [0.1, 0.15) is 0 Å². The van der Waals surface area contributed by atoms with Gasteiger partial charge >= 0.3 is 5.97 Å². The average Bonchev–Trinajstić information content (AvgIpc) is 2.17. The third-order valence-electron chi connectivity index (χ3n) is 2.42. The number of carboxylic acids is 1. The zero-order valence-electron chi connectivity index (χ0n) is 8.50. The van der Waals surface area contributed by atoms with E-state index in [2.05, 4.69) is 0 Å². The van der Waals surface area contributed by atoms with Crippen LogP contribution in [0.5, 0.6) is 0 Å². The van der Waals surface area contributed by atoms with Crippen LogP contribution in [0.3, 0.4) is 0 Å². The first-order chi connectivity index (χ1) is 6.85. The number of benzene rings is 1. The molecule has 0 saturated carbocycles. The Hall–Kier alpha value is -1.45. The van der Waals surface area contributed by atoms with Gasteiger partial charge in [-0.05, 0) is 17.7 Å². The minimum absolute atomic E-state index is 0.101. The van der Waals surface area contributed by atoms with Crippen LogP contribution in [0.1, 0.15) is 29.8 Å². The molecule has 0 unspecified atom stereocenters. The van der Waals surface area contributed by atoms with Crippen LogP contribution in [-0.4, -0.2) is 17.5 Å². The topological polar surface area (TPSA) is 37.3 Å². The van der Waals surface area contributed by atoms with Crippen molar-refractivity contribution in [3.8, 4) is 0 Å². The van der Waals surface area contributed by atoms with Crippen LogP contribution in [0.2, 0.25) is 0 Å². The Kier molecular flexibility index (Phi) is 3.07. The van der Waals surface area contributed by atoms with E-state index < -0.39 is 17.8 Å². The van der Waals surface area contributed by atoms with Crippen LogP contribution in [0.4, 0.5) is 8.78 Å². The molecule has 82 valence electrons. The molecule has 1 rings (SSSR count). The van der Waals surface area contributed by atoms with Crippen molar-refractivity contribution in [1.29, 1.82) is 0 Å². The molecular weight excluding hydrogens is 202 g/mol. The molecule has 0 bridgehead atoms. The third-order valence-corrected chi connectivity index (χ3v) is 2.42. The van der Waals surface area contributed by atoms with E-state index in [1.807, 2.05) is 0 Å². The Morgan fingerprint density at radius 1 is 1.27 bits per heavy atom. The minimum Gasteiger partial charge on any atom is -0.478 e. The molecule has 0 fully saturated rings. The number of carbonyl (C=O) groups is 1. The van der Waals surface area contributed by atoms with E-state index in [0.717, 1.165) is 0 Å². The number of hydrogen-bond acceptors (Lipinski definition) is 1. The van der Waals surface area contributed by atoms with Crippen LogP contribution in [0.25, 0.3) is 0 Å². The second-order valence-corrected chi connectivity index (χ2v) is 3.90. The molecule has 0 saturated heterocycles. The van der Waals surface area contributed by atoms with Crippen molar-refractivity contribution >= 4 is 5.97 Å². The van der Waals surface area contributed by atoms with Gasteiger partial charge in [0.25, 0.3) is 0 Å². The van der Waals surface area contributed by atoms with E-state index in [0.29, 0.717) is 5.56 Å². The highest BCUT2D eigenvalue weighted by atomic mass is 19.3. The zero-order valence-corrected chi connectivity index (χ0v) is 8.50. The predicted molar refractivity (Wildman–Crippen MR) is 52.4 cm³/mol. The summed E-state index contributed by atoms with van der Waals surface area (Å²) in [5, 5.41) is 8.64. The maximum absolute atomic E-state index is 12.6. The molecule has 1 aromatic carbocycles. The van der Waals surface area contributed by atoms with Crippen LogP contribution in [0.15, 0.2) is 24.3 Å². The summed E-state index contributed by atoms with van der Waals surface area (Å²) >= 11 is 0. The fourth-order valence-corrected chi connectivity index (χ4v) is 1.17. The summed E-state index contributed by atoms with van der Waals surface area (Å²) in [6.07, 6.45) is -2.48. The third kappa shape index (κ3) is 2.32. The summed E-state index contributed by atoms with van der Waals surface area (Å²) in [6.45, 7) is 2.85.